The molecule has 25 heavy (non-hydrogen) atoms. The van der Waals surface area contributed by atoms with Gasteiger partial charge in [-0.3, -0.25) is 4.79 Å². The van der Waals surface area contributed by atoms with Gasteiger partial charge in [0.25, 0.3) is 0 Å². The van der Waals surface area contributed by atoms with Gasteiger partial charge in [-0.15, -0.1) is 11.6 Å². The second-order valence-corrected chi connectivity index (χ2v) is 5.97. The van der Waals surface area contributed by atoms with Crippen LogP contribution in [0.15, 0.2) is 71.9 Å². The zero-order valence-corrected chi connectivity index (χ0v) is 14.3. The molecule has 0 spiro atoms. The highest BCUT2D eigenvalue weighted by atomic mass is 35.5. The van der Waals surface area contributed by atoms with E-state index in [1.165, 1.54) is 0 Å². The van der Waals surface area contributed by atoms with Gasteiger partial charge in [-0.2, -0.15) is 0 Å². The van der Waals surface area contributed by atoms with Crippen LogP contribution in [0.1, 0.15) is 17.2 Å². The predicted molar refractivity (Wildman–Crippen MR) is 99.0 cm³/mol. The number of nitrogens with zero attached hydrogens (tertiary/aromatic N) is 4. The summed E-state index contributed by atoms with van der Waals surface area (Å²) >= 11 is 5.86. The molecule has 0 radical (unpaired) electrons. The molecule has 1 amide bonds. The topological polar surface area (TPSA) is 69.1 Å². The first-order valence-electron chi connectivity index (χ1n) is 7.96. The van der Waals surface area contributed by atoms with Crippen LogP contribution in [0.4, 0.5) is 0 Å². The van der Waals surface area contributed by atoms with Crippen LogP contribution in [0.3, 0.4) is 0 Å². The summed E-state index contributed by atoms with van der Waals surface area (Å²) in [5.41, 5.74) is 11.7. The van der Waals surface area contributed by atoms with E-state index in [0.29, 0.717) is 0 Å². The number of carbonyl (C=O) groups excluding carboxylic acids is 1. The van der Waals surface area contributed by atoms with Crippen molar-refractivity contribution in [1.82, 2.24) is 4.90 Å². The molecule has 2 aromatic rings. The molecule has 0 bridgehead atoms. The average Bonchev–Trinajstić information content (AvgIpc) is 3.06. The van der Waals surface area contributed by atoms with Gasteiger partial charge in [-0.25, -0.2) is 0 Å². The molecule has 2 unspecified atom stereocenters. The Hall–Kier alpha value is -2.75. The molecule has 0 saturated heterocycles. The number of benzene rings is 2. The standard InChI is InChI=1S/C19H17ClN4O/c20-12-19(25)24-17(15-9-5-2-6-10-15)11-16(18(24)13-22-23-21)14-7-3-1-4-8-14/h1-11,17-18H,12-13H2. The Labute approximate surface area is 151 Å². The third-order valence-corrected chi connectivity index (χ3v) is 4.53. The van der Waals surface area contributed by atoms with E-state index in [-0.39, 0.29) is 30.4 Å². The molecule has 3 rings (SSSR count). The van der Waals surface area contributed by atoms with Crippen LogP contribution in [0.5, 0.6) is 0 Å². The van der Waals surface area contributed by atoms with Crippen molar-refractivity contribution >= 4 is 23.1 Å². The third-order valence-electron chi connectivity index (χ3n) is 4.30. The van der Waals surface area contributed by atoms with Gasteiger partial charge in [0.05, 0.1) is 18.6 Å². The summed E-state index contributed by atoms with van der Waals surface area (Å²) in [6, 6.07) is 19.0. The molecule has 0 N–H and O–H groups in total. The Bertz CT molecular complexity index is 816. The molecular formula is C19H17ClN4O. The molecule has 0 aromatic heterocycles. The zero-order chi connectivity index (χ0) is 17.6. The van der Waals surface area contributed by atoms with E-state index < -0.39 is 0 Å². The quantitative estimate of drug-likeness (QED) is 0.336. The fourth-order valence-electron chi connectivity index (χ4n) is 3.23. The monoisotopic (exact) mass is 352 g/mol. The normalized spacial score (nSPS) is 19.2. The summed E-state index contributed by atoms with van der Waals surface area (Å²) in [6.45, 7) is 0.170. The number of azide groups is 1. The van der Waals surface area contributed by atoms with Gasteiger partial charge in [0.2, 0.25) is 5.91 Å². The fourth-order valence-corrected chi connectivity index (χ4v) is 3.37. The lowest BCUT2D eigenvalue weighted by Crippen LogP contribution is -2.41. The Balaban J connectivity index is 2.10. The van der Waals surface area contributed by atoms with Gasteiger partial charge < -0.3 is 4.90 Å². The van der Waals surface area contributed by atoms with Crippen molar-refractivity contribution < 1.29 is 4.79 Å². The predicted octanol–water partition coefficient (Wildman–Crippen LogP) is 4.57. The average molecular weight is 353 g/mol. The summed E-state index contributed by atoms with van der Waals surface area (Å²) in [6.07, 6.45) is 2.06. The zero-order valence-electron chi connectivity index (χ0n) is 13.5. The first-order chi connectivity index (χ1) is 12.3. The molecule has 126 valence electrons. The Morgan fingerprint density at radius 3 is 2.36 bits per heavy atom. The number of hydrogen-bond acceptors (Lipinski definition) is 2. The molecule has 6 heteroatoms. The number of amides is 1. The smallest absolute Gasteiger partial charge is 0.238 e. The van der Waals surface area contributed by atoms with Crippen molar-refractivity contribution in [2.45, 2.75) is 12.1 Å². The van der Waals surface area contributed by atoms with Gasteiger partial charge in [0.1, 0.15) is 5.88 Å². The molecule has 1 heterocycles. The van der Waals surface area contributed by atoms with E-state index in [2.05, 4.69) is 16.1 Å². The van der Waals surface area contributed by atoms with Crippen LogP contribution in [0.2, 0.25) is 0 Å². The minimum Gasteiger partial charge on any atom is -0.324 e. The maximum absolute atomic E-state index is 12.6. The van der Waals surface area contributed by atoms with Crippen LogP contribution < -0.4 is 0 Å². The lowest BCUT2D eigenvalue weighted by Gasteiger charge is -2.31. The van der Waals surface area contributed by atoms with Crippen molar-refractivity contribution in [2.75, 3.05) is 12.4 Å². The van der Waals surface area contributed by atoms with E-state index in [1.54, 1.807) is 4.90 Å². The van der Waals surface area contributed by atoms with E-state index in [9.17, 15) is 4.79 Å². The van der Waals surface area contributed by atoms with Crippen LogP contribution in [0.25, 0.3) is 16.0 Å². The second-order valence-electron chi connectivity index (χ2n) is 5.71. The first kappa shape index (κ1) is 17.1. The number of alkyl halides is 1. The highest BCUT2D eigenvalue weighted by molar-refractivity contribution is 6.27. The lowest BCUT2D eigenvalue weighted by atomic mass is 9.99. The van der Waals surface area contributed by atoms with Crippen LogP contribution in [0, 0.1) is 0 Å². The highest BCUT2D eigenvalue weighted by Gasteiger charge is 2.38. The summed E-state index contributed by atoms with van der Waals surface area (Å²) in [4.78, 5) is 17.2. The van der Waals surface area contributed by atoms with E-state index in [0.717, 1.165) is 16.7 Å². The molecule has 5 nitrogen and oxygen atoms in total. The van der Waals surface area contributed by atoms with Gasteiger partial charge in [-0.1, -0.05) is 71.9 Å². The largest absolute Gasteiger partial charge is 0.324 e. The minimum absolute atomic E-state index is 0.119. The van der Waals surface area contributed by atoms with Crippen molar-refractivity contribution in [3.63, 3.8) is 0 Å². The van der Waals surface area contributed by atoms with Crippen molar-refractivity contribution in [1.29, 1.82) is 0 Å². The lowest BCUT2D eigenvalue weighted by molar-refractivity contribution is -0.130. The highest BCUT2D eigenvalue weighted by Crippen LogP contribution is 2.39. The second kappa shape index (κ2) is 7.88. The SMILES string of the molecule is [N-]=[N+]=NCC1C(c2ccccc2)=CC(c2ccccc2)N1C(=O)CCl. The first-order valence-corrected chi connectivity index (χ1v) is 8.49. The molecule has 0 saturated carbocycles. The summed E-state index contributed by atoms with van der Waals surface area (Å²) < 4.78 is 0. The van der Waals surface area contributed by atoms with Gasteiger partial charge >= 0.3 is 0 Å². The van der Waals surface area contributed by atoms with E-state index in [1.807, 2.05) is 60.7 Å². The number of rotatable bonds is 5. The molecular weight excluding hydrogens is 336 g/mol. The minimum atomic E-state index is -0.338. The number of hydrogen-bond donors (Lipinski definition) is 0. The summed E-state index contributed by atoms with van der Waals surface area (Å²) in [5.74, 6) is -0.303. The third kappa shape index (κ3) is 3.53. The van der Waals surface area contributed by atoms with Crippen molar-refractivity contribution in [3.8, 4) is 0 Å². The fraction of sp³-hybridized carbons (Fsp3) is 0.211. The molecule has 0 fully saturated rings. The molecule has 2 atom stereocenters. The van der Waals surface area contributed by atoms with Crippen LogP contribution in [-0.4, -0.2) is 29.3 Å². The van der Waals surface area contributed by atoms with Gasteiger partial charge in [-0.05, 0) is 22.2 Å². The maximum atomic E-state index is 12.6. The van der Waals surface area contributed by atoms with E-state index >= 15 is 0 Å². The molecule has 1 aliphatic rings. The number of carbonyl (C=O) groups is 1. The Morgan fingerprint density at radius 2 is 1.76 bits per heavy atom. The van der Waals surface area contributed by atoms with Crippen molar-refractivity contribution in [3.05, 3.63) is 88.3 Å². The molecule has 1 aliphatic heterocycles. The Kier molecular flexibility index (Phi) is 5.39. The molecule has 0 aliphatic carbocycles. The van der Waals surface area contributed by atoms with Crippen LogP contribution >= 0.6 is 11.6 Å². The van der Waals surface area contributed by atoms with Crippen molar-refractivity contribution in [2.24, 2.45) is 5.11 Å². The van der Waals surface area contributed by atoms with Crippen LogP contribution in [-0.2, 0) is 4.79 Å². The van der Waals surface area contributed by atoms with Gasteiger partial charge in [0.15, 0.2) is 0 Å². The maximum Gasteiger partial charge on any atom is 0.238 e. The number of halogens is 1. The van der Waals surface area contributed by atoms with Gasteiger partial charge in [0, 0.05) is 4.91 Å². The Morgan fingerprint density at radius 1 is 1.12 bits per heavy atom. The molecule has 2 aromatic carbocycles. The van der Waals surface area contributed by atoms with E-state index in [4.69, 9.17) is 17.1 Å². The summed E-state index contributed by atoms with van der Waals surface area (Å²) in [5, 5.41) is 3.73. The summed E-state index contributed by atoms with van der Waals surface area (Å²) in [7, 11) is 0.